The molecule has 0 fully saturated rings. The van der Waals surface area contributed by atoms with Crippen LogP contribution in [0.15, 0.2) is 24.3 Å². The molecule has 0 bridgehead atoms. The third kappa shape index (κ3) is 4.14. The Morgan fingerprint density at radius 2 is 1.92 bits per heavy atom. The molecule has 0 aliphatic carbocycles. The minimum Gasteiger partial charge on any atom is -0.325 e. The van der Waals surface area contributed by atoms with Gasteiger partial charge in [-0.2, -0.15) is 5.10 Å². The Balaban J connectivity index is 2.33. The molecule has 0 radical (unpaired) electrons. The first-order valence-electron chi connectivity index (χ1n) is 7.78. The largest absolute Gasteiger partial charge is 0.325 e. The van der Waals surface area contributed by atoms with Gasteiger partial charge in [-0.25, -0.2) is 0 Å². The summed E-state index contributed by atoms with van der Waals surface area (Å²) in [5.74, 6) is -0.302. The first kappa shape index (κ1) is 18.0. The van der Waals surface area contributed by atoms with Gasteiger partial charge in [0.25, 0.3) is 5.91 Å². The van der Waals surface area contributed by atoms with E-state index in [4.69, 9.17) is 11.6 Å². The molecule has 128 valence electrons. The van der Waals surface area contributed by atoms with E-state index in [-0.39, 0.29) is 17.7 Å². The lowest BCUT2D eigenvalue weighted by molar-refractivity contribution is -0.114. The first-order chi connectivity index (χ1) is 11.3. The summed E-state index contributed by atoms with van der Waals surface area (Å²) in [6.07, 6.45) is 0. The van der Waals surface area contributed by atoms with Gasteiger partial charge in [0.2, 0.25) is 5.91 Å². The van der Waals surface area contributed by atoms with Crippen molar-refractivity contribution >= 4 is 34.8 Å². The fraction of sp³-hybridized carbons (Fsp3) is 0.353. The van der Waals surface area contributed by atoms with E-state index in [0.29, 0.717) is 28.6 Å². The van der Waals surface area contributed by atoms with Crippen molar-refractivity contribution in [2.24, 2.45) is 0 Å². The van der Waals surface area contributed by atoms with E-state index < -0.39 is 0 Å². The molecule has 2 rings (SSSR count). The van der Waals surface area contributed by atoms with Crippen molar-refractivity contribution < 1.29 is 9.59 Å². The number of rotatable bonds is 5. The minimum absolute atomic E-state index is 0.227. The van der Waals surface area contributed by atoms with Gasteiger partial charge in [-0.15, -0.1) is 0 Å². The second kappa shape index (κ2) is 7.49. The van der Waals surface area contributed by atoms with E-state index in [1.54, 1.807) is 28.9 Å². The fourth-order valence-corrected chi connectivity index (χ4v) is 2.42. The normalized spacial score (nSPS) is 10.8. The van der Waals surface area contributed by atoms with Gasteiger partial charge >= 0.3 is 0 Å². The van der Waals surface area contributed by atoms with E-state index in [9.17, 15) is 9.59 Å². The maximum Gasteiger partial charge on any atom is 0.273 e. The van der Waals surface area contributed by atoms with Crippen LogP contribution in [0, 0.1) is 0 Å². The van der Waals surface area contributed by atoms with E-state index in [2.05, 4.69) is 15.7 Å². The highest BCUT2D eigenvalue weighted by atomic mass is 35.5. The van der Waals surface area contributed by atoms with Crippen LogP contribution in [-0.4, -0.2) is 21.6 Å². The van der Waals surface area contributed by atoms with Crippen molar-refractivity contribution in [3.63, 3.8) is 0 Å². The van der Waals surface area contributed by atoms with Gasteiger partial charge in [-0.05, 0) is 37.1 Å². The molecule has 2 amide bonds. The fourth-order valence-electron chi connectivity index (χ4n) is 2.25. The second-order valence-electron chi connectivity index (χ2n) is 5.75. The number of hydrogen-bond donors (Lipinski definition) is 2. The maximum absolute atomic E-state index is 12.7. The minimum atomic E-state index is -0.301. The number of halogens is 1. The molecule has 0 aliphatic heterocycles. The number of hydrogen-bond acceptors (Lipinski definition) is 3. The number of nitrogens with zero attached hydrogens (tertiary/aromatic N) is 2. The zero-order valence-corrected chi connectivity index (χ0v) is 14.9. The van der Waals surface area contributed by atoms with E-state index in [1.165, 1.54) is 6.92 Å². The highest BCUT2D eigenvalue weighted by Gasteiger charge is 2.17. The average Bonchev–Trinajstić information content (AvgIpc) is 2.94. The molecular weight excluding hydrogens is 328 g/mol. The molecule has 0 spiro atoms. The first-order valence-corrected chi connectivity index (χ1v) is 8.15. The molecule has 1 aromatic carbocycles. The highest BCUT2D eigenvalue weighted by Crippen LogP contribution is 2.26. The van der Waals surface area contributed by atoms with Crippen molar-refractivity contribution in [2.45, 2.75) is 40.2 Å². The van der Waals surface area contributed by atoms with Crippen LogP contribution in [0.1, 0.15) is 49.8 Å². The zero-order chi connectivity index (χ0) is 17.9. The van der Waals surface area contributed by atoms with Crippen molar-refractivity contribution in [1.29, 1.82) is 0 Å². The van der Waals surface area contributed by atoms with Crippen LogP contribution in [0.2, 0.25) is 5.02 Å². The van der Waals surface area contributed by atoms with Crippen molar-refractivity contribution in [3.8, 4) is 0 Å². The van der Waals surface area contributed by atoms with Gasteiger partial charge in [0.15, 0.2) is 0 Å². The summed E-state index contributed by atoms with van der Waals surface area (Å²) >= 11 is 6.01. The summed E-state index contributed by atoms with van der Waals surface area (Å²) in [6, 6.07) is 6.68. The summed E-state index contributed by atoms with van der Waals surface area (Å²) in [5, 5.41) is 10.4. The van der Waals surface area contributed by atoms with Crippen molar-refractivity contribution in [3.05, 3.63) is 40.7 Å². The number of carbonyl (C=O) groups is 2. The molecule has 2 N–H and O–H groups in total. The second-order valence-corrected chi connectivity index (χ2v) is 6.19. The number of aryl methyl sites for hydroxylation is 1. The molecule has 0 atom stereocenters. The molecular formula is C17H21ClN4O2. The zero-order valence-electron chi connectivity index (χ0n) is 14.2. The molecule has 6 nitrogen and oxygen atoms in total. The van der Waals surface area contributed by atoms with Crippen LogP contribution >= 0.6 is 11.6 Å². The average molecular weight is 349 g/mol. The number of aromatic nitrogens is 2. The van der Waals surface area contributed by atoms with Crippen LogP contribution < -0.4 is 10.6 Å². The molecule has 0 saturated carbocycles. The van der Waals surface area contributed by atoms with E-state index >= 15 is 0 Å². The number of nitrogens with one attached hydrogen (secondary N) is 2. The van der Waals surface area contributed by atoms with Gasteiger partial charge < -0.3 is 10.6 Å². The van der Waals surface area contributed by atoms with Crippen molar-refractivity contribution in [2.75, 3.05) is 10.6 Å². The Labute approximate surface area is 146 Å². The van der Waals surface area contributed by atoms with Gasteiger partial charge in [-0.3, -0.25) is 14.3 Å². The van der Waals surface area contributed by atoms with Crippen LogP contribution in [0.4, 0.5) is 11.4 Å². The van der Waals surface area contributed by atoms with Crippen LogP contribution in [0.5, 0.6) is 0 Å². The third-order valence-electron chi connectivity index (χ3n) is 3.46. The van der Waals surface area contributed by atoms with Crippen LogP contribution in [0.25, 0.3) is 0 Å². The molecule has 1 heterocycles. The van der Waals surface area contributed by atoms with Gasteiger partial charge in [0.05, 0.1) is 17.1 Å². The monoisotopic (exact) mass is 348 g/mol. The predicted molar refractivity (Wildman–Crippen MR) is 95.7 cm³/mol. The van der Waals surface area contributed by atoms with Crippen molar-refractivity contribution in [1.82, 2.24) is 9.78 Å². The SMILES string of the molecule is CCn1nc(C(C)C)cc1C(=O)Nc1cc(Cl)ccc1NC(C)=O. The Morgan fingerprint density at radius 3 is 2.50 bits per heavy atom. The number of amides is 2. The summed E-state index contributed by atoms with van der Waals surface area (Å²) in [4.78, 5) is 24.0. The quantitative estimate of drug-likeness (QED) is 0.860. The lowest BCUT2D eigenvalue weighted by Crippen LogP contribution is -2.19. The Morgan fingerprint density at radius 1 is 1.21 bits per heavy atom. The summed E-state index contributed by atoms with van der Waals surface area (Å²) < 4.78 is 1.66. The smallest absolute Gasteiger partial charge is 0.273 e. The number of anilines is 2. The van der Waals surface area contributed by atoms with Crippen LogP contribution in [0.3, 0.4) is 0 Å². The lowest BCUT2D eigenvalue weighted by atomic mass is 10.1. The van der Waals surface area contributed by atoms with Gasteiger partial charge in [-0.1, -0.05) is 25.4 Å². The third-order valence-corrected chi connectivity index (χ3v) is 3.70. The van der Waals surface area contributed by atoms with E-state index in [0.717, 1.165) is 5.69 Å². The van der Waals surface area contributed by atoms with Crippen LogP contribution in [-0.2, 0) is 11.3 Å². The Hall–Kier alpha value is -2.34. The topological polar surface area (TPSA) is 76.0 Å². The Bertz CT molecular complexity index is 768. The number of carbonyl (C=O) groups excluding carboxylic acids is 2. The highest BCUT2D eigenvalue weighted by molar-refractivity contribution is 6.31. The molecule has 7 heteroatoms. The summed E-state index contributed by atoms with van der Waals surface area (Å²) in [6.45, 7) is 7.96. The van der Waals surface area contributed by atoms with Gasteiger partial charge in [0, 0.05) is 18.5 Å². The lowest BCUT2D eigenvalue weighted by Gasteiger charge is -2.12. The number of benzene rings is 1. The molecule has 0 unspecified atom stereocenters. The van der Waals surface area contributed by atoms with E-state index in [1.807, 2.05) is 20.8 Å². The molecule has 24 heavy (non-hydrogen) atoms. The molecule has 1 aromatic heterocycles. The molecule has 0 aliphatic rings. The van der Waals surface area contributed by atoms with Gasteiger partial charge in [0.1, 0.15) is 5.69 Å². The predicted octanol–water partition coefficient (Wildman–Crippen LogP) is 3.89. The molecule has 2 aromatic rings. The Kier molecular flexibility index (Phi) is 5.62. The maximum atomic E-state index is 12.7. The summed E-state index contributed by atoms with van der Waals surface area (Å²) in [5.41, 5.74) is 2.26. The molecule has 0 saturated heterocycles. The standard InChI is InChI=1S/C17H21ClN4O2/c1-5-22-16(9-14(21-22)10(2)3)17(24)20-15-8-12(18)6-7-13(15)19-11(4)23/h6-10H,5H2,1-4H3,(H,19,23)(H,20,24). The summed E-state index contributed by atoms with van der Waals surface area (Å²) in [7, 11) is 0.